The molecule has 0 aliphatic carbocycles. The molecule has 3 aromatic rings. The van der Waals surface area contributed by atoms with E-state index in [1.807, 2.05) is 37.4 Å². The first-order chi connectivity index (χ1) is 12.2. The molecular formula is C20H21N3OS. The van der Waals surface area contributed by atoms with Crippen molar-refractivity contribution >= 4 is 11.8 Å². The van der Waals surface area contributed by atoms with Gasteiger partial charge in [-0.15, -0.1) is 11.8 Å². The molecule has 0 saturated carbocycles. The Bertz CT molecular complexity index is 875. The summed E-state index contributed by atoms with van der Waals surface area (Å²) in [6, 6.07) is 21.7. The summed E-state index contributed by atoms with van der Waals surface area (Å²) >= 11 is 1.73. The summed E-state index contributed by atoms with van der Waals surface area (Å²) in [6.07, 6.45) is 2.07. The summed E-state index contributed by atoms with van der Waals surface area (Å²) in [7, 11) is 1.99. The maximum absolute atomic E-state index is 12.1. The van der Waals surface area contributed by atoms with Gasteiger partial charge in [0.1, 0.15) is 0 Å². The first-order valence-corrected chi connectivity index (χ1v) is 9.33. The van der Waals surface area contributed by atoms with Gasteiger partial charge in [-0.2, -0.15) is 5.10 Å². The van der Waals surface area contributed by atoms with Gasteiger partial charge in [-0.25, -0.2) is 4.68 Å². The second kappa shape index (κ2) is 8.14. The highest BCUT2D eigenvalue weighted by Crippen LogP contribution is 2.16. The molecule has 0 spiro atoms. The lowest BCUT2D eigenvalue weighted by molar-refractivity contribution is 0.240. The van der Waals surface area contributed by atoms with Crippen LogP contribution in [0.4, 0.5) is 0 Å². The van der Waals surface area contributed by atoms with Gasteiger partial charge >= 0.3 is 0 Å². The Labute approximate surface area is 152 Å². The van der Waals surface area contributed by atoms with Crippen LogP contribution in [0.2, 0.25) is 0 Å². The largest absolute Gasteiger partial charge is 0.283 e. The van der Waals surface area contributed by atoms with Crippen molar-refractivity contribution in [2.75, 3.05) is 13.3 Å². The third kappa shape index (κ3) is 4.59. The van der Waals surface area contributed by atoms with Crippen LogP contribution in [0.3, 0.4) is 0 Å². The van der Waals surface area contributed by atoms with Gasteiger partial charge in [-0.05, 0) is 37.1 Å². The average molecular weight is 351 g/mol. The minimum absolute atomic E-state index is 0.0933. The number of benzene rings is 2. The summed E-state index contributed by atoms with van der Waals surface area (Å²) in [5.41, 5.74) is 2.93. The molecule has 128 valence electrons. The zero-order valence-electron chi connectivity index (χ0n) is 14.4. The molecule has 0 aliphatic heterocycles. The van der Waals surface area contributed by atoms with Crippen molar-refractivity contribution in [1.82, 2.24) is 14.7 Å². The van der Waals surface area contributed by atoms with Crippen molar-refractivity contribution in [2.45, 2.75) is 18.1 Å². The molecular weight excluding hydrogens is 330 g/mol. The Kier molecular flexibility index (Phi) is 5.68. The van der Waals surface area contributed by atoms with Gasteiger partial charge in [-0.3, -0.25) is 9.69 Å². The molecule has 1 heterocycles. The summed E-state index contributed by atoms with van der Waals surface area (Å²) in [5, 5.41) is 4.51. The van der Waals surface area contributed by atoms with E-state index in [4.69, 9.17) is 0 Å². The minimum atomic E-state index is -0.0933. The van der Waals surface area contributed by atoms with E-state index in [2.05, 4.69) is 40.5 Å². The highest BCUT2D eigenvalue weighted by Gasteiger charge is 2.06. The van der Waals surface area contributed by atoms with Crippen LogP contribution in [-0.2, 0) is 13.2 Å². The quantitative estimate of drug-likeness (QED) is 0.635. The van der Waals surface area contributed by atoms with E-state index >= 15 is 0 Å². The van der Waals surface area contributed by atoms with E-state index in [-0.39, 0.29) is 5.56 Å². The van der Waals surface area contributed by atoms with Crippen molar-refractivity contribution in [3.8, 4) is 11.3 Å². The fourth-order valence-corrected chi connectivity index (χ4v) is 3.04. The van der Waals surface area contributed by atoms with E-state index in [1.54, 1.807) is 23.9 Å². The van der Waals surface area contributed by atoms with E-state index in [0.717, 1.165) is 17.8 Å². The third-order valence-electron chi connectivity index (χ3n) is 3.92. The van der Waals surface area contributed by atoms with Crippen LogP contribution >= 0.6 is 11.8 Å². The van der Waals surface area contributed by atoms with E-state index in [0.29, 0.717) is 6.67 Å². The van der Waals surface area contributed by atoms with Crippen LogP contribution in [0, 0.1) is 0 Å². The molecule has 3 rings (SSSR count). The molecule has 0 unspecified atom stereocenters. The van der Waals surface area contributed by atoms with Gasteiger partial charge in [0.15, 0.2) is 0 Å². The fourth-order valence-electron chi connectivity index (χ4n) is 2.63. The molecule has 0 atom stereocenters. The highest BCUT2D eigenvalue weighted by atomic mass is 32.2. The molecule has 0 radical (unpaired) electrons. The highest BCUT2D eigenvalue weighted by molar-refractivity contribution is 7.98. The van der Waals surface area contributed by atoms with Crippen molar-refractivity contribution in [1.29, 1.82) is 0 Å². The molecule has 0 amide bonds. The third-order valence-corrected chi connectivity index (χ3v) is 4.67. The molecule has 0 fully saturated rings. The topological polar surface area (TPSA) is 38.1 Å². The Morgan fingerprint density at radius 3 is 2.40 bits per heavy atom. The minimum Gasteiger partial charge on any atom is -0.283 e. The van der Waals surface area contributed by atoms with E-state index in [9.17, 15) is 4.79 Å². The Hall–Kier alpha value is -2.37. The van der Waals surface area contributed by atoms with Gasteiger partial charge in [0.2, 0.25) is 0 Å². The fraction of sp³-hybridized carbons (Fsp3) is 0.200. The molecule has 2 aromatic carbocycles. The van der Waals surface area contributed by atoms with Crippen molar-refractivity contribution < 1.29 is 0 Å². The second-order valence-electron chi connectivity index (χ2n) is 5.93. The first kappa shape index (κ1) is 17.5. The zero-order chi connectivity index (χ0) is 17.6. The van der Waals surface area contributed by atoms with Crippen LogP contribution in [-0.4, -0.2) is 28.0 Å². The Morgan fingerprint density at radius 1 is 1.00 bits per heavy atom. The average Bonchev–Trinajstić information content (AvgIpc) is 2.65. The molecule has 0 aliphatic rings. The summed E-state index contributed by atoms with van der Waals surface area (Å²) in [4.78, 5) is 15.5. The lowest BCUT2D eigenvalue weighted by Gasteiger charge is -2.18. The van der Waals surface area contributed by atoms with E-state index in [1.165, 1.54) is 15.1 Å². The van der Waals surface area contributed by atoms with Gasteiger partial charge in [0.25, 0.3) is 5.56 Å². The van der Waals surface area contributed by atoms with Gasteiger partial charge < -0.3 is 0 Å². The van der Waals surface area contributed by atoms with Crippen LogP contribution in [0.5, 0.6) is 0 Å². The molecule has 4 nitrogen and oxygen atoms in total. The van der Waals surface area contributed by atoms with Crippen LogP contribution in [0.1, 0.15) is 5.56 Å². The van der Waals surface area contributed by atoms with Gasteiger partial charge in [0, 0.05) is 23.1 Å². The molecule has 0 bridgehead atoms. The number of thioether (sulfide) groups is 1. The summed E-state index contributed by atoms with van der Waals surface area (Å²) in [6.45, 7) is 1.21. The maximum atomic E-state index is 12.1. The van der Waals surface area contributed by atoms with E-state index < -0.39 is 0 Å². The standard InChI is InChI=1S/C20H21N3OS/c1-22(14-16-8-10-18(25-2)11-9-16)15-23-20(24)13-12-19(21-23)17-6-4-3-5-7-17/h3-13H,14-15H2,1-2H3. The van der Waals surface area contributed by atoms with Gasteiger partial charge in [-0.1, -0.05) is 42.5 Å². The SMILES string of the molecule is CSc1ccc(CN(C)Cn2nc(-c3ccccc3)ccc2=O)cc1. The number of aromatic nitrogens is 2. The predicted octanol–water partition coefficient (Wildman–Crippen LogP) is 3.72. The molecule has 25 heavy (non-hydrogen) atoms. The Morgan fingerprint density at radius 2 is 1.72 bits per heavy atom. The normalized spacial score (nSPS) is 11.0. The van der Waals surface area contributed by atoms with Crippen LogP contribution < -0.4 is 5.56 Å². The van der Waals surface area contributed by atoms with Crippen LogP contribution in [0.15, 0.2) is 76.4 Å². The number of nitrogens with zero attached hydrogens (tertiary/aromatic N) is 3. The van der Waals surface area contributed by atoms with Crippen molar-refractivity contribution in [2.24, 2.45) is 0 Å². The number of hydrogen-bond donors (Lipinski definition) is 0. The van der Waals surface area contributed by atoms with Crippen LogP contribution in [0.25, 0.3) is 11.3 Å². The number of rotatable bonds is 6. The molecule has 0 saturated heterocycles. The zero-order valence-corrected chi connectivity index (χ0v) is 15.2. The maximum Gasteiger partial charge on any atom is 0.268 e. The Balaban J connectivity index is 1.74. The number of hydrogen-bond acceptors (Lipinski definition) is 4. The van der Waals surface area contributed by atoms with Gasteiger partial charge in [0.05, 0.1) is 12.4 Å². The van der Waals surface area contributed by atoms with Crippen molar-refractivity contribution in [3.63, 3.8) is 0 Å². The van der Waals surface area contributed by atoms with Crippen molar-refractivity contribution in [3.05, 3.63) is 82.6 Å². The predicted molar refractivity (Wildman–Crippen MR) is 104 cm³/mol. The monoisotopic (exact) mass is 351 g/mol. The lowest BCUT2D eigenvalue weighted by atomic mass is 10.1. The molecule has 5 heteroatoms. The molecule has 0 N–H and O–H groups in total. The summed E-state index contributed by atoms with van der Waals surface area (Å²) < 4.78 is 1.51. The smallest absolute Gasteiger partial charge is 0.268 e. The first-order valence-electron chi connectivity index (χ1n) is 8.11. The summed E-state index contributed by atoms with van der Waals surface area (Å²) in [5.74, 6) is 0. The molecule has 1 aromatic heterocycles. The second-order valence-corrected chi connectivity index (χ2v) is 6.81. The lowest BCUT2D eigenvalue weighted by Crippen LogP contribution is -2.31.